The quantitative estimate of drug-likeness (QED) is 0.628. The molecule has 0 aromatic heterocycles. The molecule has 0 aliphatic carbocycles. The molecule has 0 amide bonds. The summed E-state index contributed by atoms with van der Waals surface area (Å²) in [5.74, 6) is 0. The van der Waals surface area contributed by atoms with Crippen LogP contribution in [0.3, 0.4) is 0 Å². The highest BCUT2D eigenvalue weighted by molar-refractivity contribution is 14.1. The maximum atomic E-state index is 9.83. The largest absolute Gasteiger partial charge is 0.390 e. The SMILES string of the molecule is O[C@H]1C[C@@H](OCc2ccccc2)[C@@H](O)O[C@@H]1CI. The molecule has 4 atom stereocenters. The molecule has 0 bridgehead atoms. The minimum atomic E-state index is -0.961. The van der Waals surface area contributed by atoms with Crippen LogP contribution in [0.4, 0.5) is 0 Å². The minimum absolute atomic E-state index is 0.308. The molecule has 1 saturated heterocycles. The first kappa shape index (κ1) is 14.2. The van der Waals surface area contributed by atoms with Gasteiger partial charge in [0.1, 0.15) is 6.10 Å². The van der Waals surface area contributed by atoms with Crippen molar-refractivity contribution < 1.29 is 19.7 Å². The second kappa shape index (κ2) is 6.81. The molecule has 2 N–H and O–H groups in total. The van der Waals surface area contributed by atoms with E-state index >= 15 is 0 Å². The Morgan fingerprint density at radius 3 is 2.67 bits per heavy atom. The van der Waals surface area contributed by atoms with Gasteiger partial charge in [0.05, 0.1) is 18.8 Å². The summed E-state index contributed by atoms with van der Waals surface area (Å²) >= 11 is 2.13. The summed E-state index contributed by atoms with van der Waals surface area (Å²) < 4.78 is 11.6. The molecule has 5 heteroatoms. The van der Waals surface area contributed by atoms with Gasteiger partial charge in [0, 0.05) is 10.8 Å². The third kappa shape index (κ3) is 3.64. The van der Waals surface area contributed by atoms with E-state index < -0.39 is 18.5 Å². The van der Waals surface area contributed by atoms with Crippen molar-refractivity contribution in [2.75, 3.05) is 4.43 Å². The molecule has 0 unspecified atom stereocenters. The number of aliphatic hydroxyl groups is 2. The zero-order valence-electron chi connectivity index (χ0n) is 9.91. The van der Waals surface area contributed by atoms with Crippen molar-refractivity contribution in [2.24, 2.45) is 0 Å². The summed E-state index contributed by atoms with van der Waals surface area (Å²) in [6.07, 6.45) is -1.92. The fraction of sp³-hybridized carbons (Fsp3) is 0.538. The van der Waals surface area contributed by atoms with Crippen LogP contribution in [-0.2, 0) is 16.1 Å². The Balaban J connectivity index is 1.86. The maximum absolute atomic E-state index is 9.83. The Morgan fingerprint density at radius 2 is 2.00 bits per heavy atom. The first-order chi connectivity index (χ1) is 8.70. The Kier molecular flexibility index (Phi) is 5.38. The van der Waals surface area contributed by atoms with Gasteiger partial charge in [-0.05, 0) is 5.56 Å². The summed E-state index contributed by atoms with van der Waals surface area (Å²) in [6, 6.07) is 9.73. The molecule has 0 spiro atoms. The fourth-order valence-electron chi connectivity index (χ4n) is 1.93. The lowest BCUT2D eigenvalue weighted by Crippen LogP contribution is -2.48. The molecule has 1 fully saturated rings. The van der Waals surface area contributed by atoms with Gasteiger partial charge in [-0.1, -0.05) is 52.9 Å². The van der Waals surface area contributed by atoms with Crippen LogP contribution in [0.5, 0.6) is 0 Å². The second-order valence-corrected chi connectivity index (χ2v) is 5.24. The number of halogens is 1. The van der Waals surface area contributed by atoms with Crippen LogP contribution in [0.2, 0.25) is 0 Å². The zero-order chi connectivity index (χ0) is 13.0. The van der Waals surface area contributed by atoms with Crippen LogP contribution in [-0.4, -0.2) is 39.2 Å². The normalized spacial score (nSPS) is 32.4. The van der Waals surface area contributed by atoms with Crippen LogP contribution in [0.25, 0.3) is 0 Å². The van der Waals surface area contributed by atoms with E-state index in [0.29, 0.717) is 17.5 Å². The van der Waals surface area contributed by atoms with Gasteiger partial charge in [0.25, 0.3) is 0 Å². The maximum Gasteiger partial charge on any atom is 0.181 e. The number of hydrogen-bond donors (Lipinski definition) is 2. The summed E-state index contributed by atoms with van der Waals surface area (Å²) in [7, 11) is 0. The molecule has 1 aromatic carbocycles. The first-order valence-electron chi connectivity index (χ1n) is 5.94. The number of aliphatic hydroxyl groups excluding tert-OH is 2. The van der Waals surface area contributed by atoms with Crippen molar-refractivity contribution in [2.45, 2.75) is 37.6 Å². The van der Waals surface area contributed by atoms with Crippen molar-refractivity contribution in [3.05, 3.63) is 35.9 Å². The smallest absolute Gasteiger partial charge is 0.181 e. The first-order valence-corrected chi connectivity index (χ1v) is 7.46. The molecular weight excluding hydrogens is 347 g/mol. The van der Waals surface area contributed by atoms with E-state index in [1.54, 1.807) is 0 Å². The highest BCUT2D eigenvalue weighted by Crippen LogP contribution is 2.23. The van der Waals surface area contributed by atoms with Crippen molar-refractivity contribution in [1.82, 2.24) is 0 Å². The average Bonchev–Trinajstić information content (AvgIpc) is 2.40. The van der Waals surface area contributed by atoms with Gasteiger partial charge in [-0.25, -0.2) is 0 Å². The average molecular weight is 364 g/mol. The van der Waals surface area contributed by atoms with Gasteiger partial charge in [0.15, 0.2) is 6.29 Å². The van der Waals surface area contributed by atoms with Crippen LogP contribution < -0.4 is 0 Å². The molecule has 100 valence electrons. The standard InChI is InChI=1S/C13H17IO4/c14-7-12-10(15)6-11(13(16)18-12)17-8-9-4-2-1-3-5-9/h1-5,10-13,15-16H,6-8H2/t10-,11+,12+,13-/m0/s1. The summed E-state index contributed by atoms with van der Waals surface area (Å²) in [6.45, 7) is 0.410. The molecule has 1 heterocycles. The molecule has 4 nitrogen and oxygen atoms in total. The monoisotopic (exact) mass is 364 g/mol. The van der Waals surface area contributed by atoms with Crippen molar-refractivity contribution in [3.63, 3.8) is 0 Å². The topological polar surface area (TPSA) is 58.9 Å². The predicted molar refractivity (Wildman–Crippen MR) is 75.4 cm³/mol. The van der Waals surface area contributed by atoms with E-state index in [-0.39, 0.29) is 6.10 Å². The van der Waals surface area contributed by atoms with Crippen molar-refractivity contribution in [3.8, 4) is 0 Å². The van der Waals surface area contributed by atoms with Gasteiger partial charge in [-0.2, -0.15) is 0 Å². The molecule has 0 radical (unpaired) electrons. The van der Waals surface area contributed by atoms with Crippen molar-refractivity contribution >= 4 is 22.6 Å². The van der Waals surface area contributed by atoms with E-state index in [4.69, 9.17) is 9.47 Å². The molecule has 1 aliphatic rings. The van der Waals surface area contributed by atoms with Crippen LogP contribution in [0.15, 0.2) is 30.3 Å². The van der Waals surface area contributed by atoms with E-state index in [0.717, 1.165) is 5.56 Å². The zero-order valence-corrected chi connectivity index (χ0v) is 12.1. The van der Waals surface area contributed by atoms with Gasteiger partial charge >= 0.3 is 0 Å². The van der Waals surface area contributed by atoms with Crippen molar-refractivity contribution in [1.29, 1.82) is 0 Å². The van der Waals surface area contributed by atoms with Gasteiger partial charge < -0.3 is 19.7 Å². The highest BCUT2D eigenvalue weighted by atomic mass is 127. The van der Waals surface area contributed by atoms with Crippen LogP contribution in [0.1, 0.15) is 12.0 Å². The third-order valence-electron chi connectivity index (χ3n) is 2.99. The number of hydrogen-bond acceptors (Lipinski definition) is 4. The highest BCUT2D eigenvalue weighted by Gasteiger charge is 2.36. The van der Waals surface area contributed by atoms with E-state index in [1.807, 2.05) is 30.3 Å². The molecular formula is C13H17IO4. The summed E-state index contributed by atoms with van der Waals surface area (Å²) in [5.41, 5.74) is 1.04. The Bertz CT molecular complexity index is 359. The second-order valence-electron chi connectivity index (χ2n) is 4.36. The van der Waals surface area contributed by atoms with E-state index in [9.17, 15) is 10.2 Å². The summed E-state index contributed by atoms with van der Waals surface area (Å²) in [5, 5.41) is 19.6. The number of ether oxygens (including phenoxy) is 2. The Labute approximate surface area is 120 Å². The Morgan fingerprint density at radius 1 is 1.28 bits per heavy atom. The summed E-state index contributed by atoms with van der Waals surface area (Å²) in [4.78, 5) is 0. The van der Waals surface area contributed by atoms with Gasteiger partial charge in [0.2, 0.25) is 0 Å². The van der Waals surface area contributed by atoms with E-state index in [1.165, 1.54) is 0 Å². The van der Waals surface area contributed by atoms with Crippen LogP contribution >= 0.6 is 22.6 Å². The molecule has 18 heavy (non-hydrogen) atoms. The molecule has 0 saturated carbocycles. The molecule has 2 rings (SSSR count). The van der Waals surface area contributed by atoms with Gasteiger partial charge in [-0.3, -0.25) is 0 Å². The molecule has 1 aromatic rings. The van der Waals surface area contributed by atoms with Gasteiger partial charge in [-0.15, -0.1) is 0 Å². The number of benzene rings is 1. The van der Waals surface area contributed by atoms with E-state index in [2.05, 4.69) is 22.6 Å². The van der Waals surface area contributed by atoms with Crippen LogP contribution in [0, 0.1) is 0 Å². The third-order valence-corrected chi connectivity index (χ3v) is 3.86. The number of alkyl halides is 1. The lowest BCUT2D eigenvalue weighted by atomic mass is 10.0. The Hall–Kier alpha value is -0.210. The lowest BCUT2D eigenvalue weighted by Gasteiger charge is -2.36. The lowest BCUT2D eigenvalue weighted by molar-refractivity contribution is -0.252. The fourth-order valence-corrected chi connectivity index (χ4v) is 2.73. The minimum Gasteiger partial charge on any atom is -0.390 e. The molecule has 1 aliphatic heterocycles. The number of rotatable bonds is 4. The predicted octanol–water partition coefficient (Wildman–Crippen LogP) is 1.47.